The quantitative estimate of drug-likeness (QED) is 0.592. The SMILES string of the molecule is COc1ccc(CCCC=CC(=O)O)cc1. The van der Waals surface area contributed by atoms with Gasteiger partial charge in [-0.25, -0.2) is 4.79 Å². The van der Waals surface area contributed by atoms with E-state index in [1.165, 1.54) is 11.6 Å². The molecule has 0 saturated heterocycles. The van der Waals surface area contributed by atoms with Crippen LogP contribution in [0.25, 0.3) is 0 Å². The number of hydrogen-bond acceptors (Lipinski definition) is 2. The second-order valence-electron chi connectivity index (χ2n) is 3.48. The summed E-state index contributed by atoms with van der Waals surface area (Å²) in [5.74, 6) is -0.0287. The Morgan fingerprint density at radius 1 is 1.38 bits per heavy atom. The van der Waals surface area contributed by atoms with Gasteiger partial charge in [-0.1, -0.05) is 18.2 Å². The first-order valence-electron chi connectivity index (χ1n) is 5.25. The smallest absolute Gasteiger partial charge is 0.327 e. The van der Waals surface area contributed by atoms with Gasteiger partial charge < -0.3 is 9.84 Å². The number of ether oxygens (including phenoxy) is 1. The highest BCUT2D eigenvalue weighted by atomic mass is 16.5. The number of allylic oxidation sites excluding steroid dienone is 1. The minimum atomic E-state index is -0.885. The number of carboxylic acid groups (broad SMARTS) is 1. The number of rotatable bonds is 6. The van der Waals surface area contributed by atoms with E-state index in [2.05, 4.69) is 0 Å². The Morgan fingerprint density at radius 3 is 2.62 bits per heavy atom. The summed E-state index contributed by atoms with van der Waals surface area (Å²) in [6, 6.07) is 7.92. The Bertz CT molecular complexity index is 352. The van der Waals surface area contributed by atoms with E-state index in [1.54, 1.807) is 13.2 Å². The molecule has 1 aromatic rings. The van der Waals surface area contributed by atoms with Crippen molar-refractivity contribution >= 4 is 5.97 Å². The van der Waals surface area contributed by atoms with Crippen LogP contribution in [0.5, 0.6) is 5.75 Å². The third kappa shape index (κ3) is 4.64. The van der Waals surface area contributed by atoms with Crippen LogP contribution >= 0.6 is 0 Å². The van der Waals surface area contributed by atoms with Crippen LogP contribution in [-0.2, 0) is 11.2 Å². The molecule has 0 bridgehead atoms. The van der Waals surface area contributed by atoms with Crippen molar-refractivity contribution in [2.45, 2.75) is 19.3 Å². The van der Waals surface area contributed by atoms with Gasteiger partial charge in [0.25, 0.3) is 0 Å². The highest BCUT2D eigenvalue weighted by Crippen LogP contribution is 2.13. The number of carboxylic acids is 1. The molecule has 1 N–H and O–H groups in total. The van der Waals surface area contributed by atoms with Crippen molar-refractivity contribution < 1.29 is 14.6 Å². The molecule has 3 nitrogen and oxygen atoms in total. The van der Waals surface area contributed by atoms with Crippen LogP contribution in [0.4, 0.5) is 0 Å². The largest absolute Gasteiger partial charge is 0.497 e. The topological polar surface area (TPSA) is 46.5 Å². The van der Waals surface area contributed by atoms with Crippen LogP contribution in [-0.4, -0.2) is 18.2 Å². The molecule has 0 heterocycles. The van der Waals surface area contributed by atoms with Crippen LogP contribution in [0.3, 0.4) is 0 Å². The highest BCUT2D eigenvalue weighted by molar-refractivity contribution is 5.79. The van der Waals surface area contributed by atoms with Gasteiger partial charge in [-0.2, -0.15) is 0 Å². The fourth-order valence-electron chi connectivity index (χ4n) is 1.40. The van der Waals surface area contributed by atoms with E-state index in [4.69, 9.17) is 9.84 Å². The average molecular weight is 220 g/mol. The molecule has 0 amide bonds. The van der Waals surface area contributed by atoms with Crippen molar-refractivity contribution in [2.24, 2.45) is 0 Å². The first-order valence-corrected chi connectivity index (χ1v) is 5.25. The van der Waals surface area contributed by atoms with Crippen molar-refractivity contribution in [1.82, 2.24) is 0 Å². The molecule has 0 aliphatic heterocycles. The normalized spacial score (nSPS) is 10.6. The molecule has 0 atom stereocenters. The van der Waals surface area contributed by atoms with Crippen LogP contribution in [0.15, 0.2) is 36.4 Å². The molecule has 0 radical (unpaired) electrons. The summed E-state index contributed by atoms with van der Waals surface area (Å²) in [4.78, 5) is 10.2. The number of aryl methyl sites for hydroxylation is 1. The summed E-state index contributed by atoms with van der Waals surface area (Å²) in [5, 5.41) is 8.39. The molecule has 0 aliphatic rings. The summed E-state index contributed by atoms with van der Waals surface area (Å²) < 4.78 is 5.06. The number of hydrogen-bond donors (Lipinski definition) is 1. The lowest BCUT2D eigenvalue weighted by Gasteiger charge is -2.02. The Labute approximate surface area is 95.4 Å². The van der Waals surface area contributed by atoms with Crippen LogP contribution in [0.1, 0.15) is 18.4 Å². The predicted molar refractivity (Wildman–Crippen MR) is 62.7 cm³/mol. The van der Waals surface area contributed by atoms with Crippen molar-refractivity contribution in [1.29, 1.82) is 0 Å². The zero-order valence-corrected chi connectivity index (χ0v) is 9.35. The highest BCUT2D eigenvalue weighted by Gasteiger charge is 1.94. The predicted octanol–water partition coefficient (Wildman–Crippen LogP) is 2.66. The van der Waals surface area contributed by atoms with Gasteiger partial charge in [-0.15, -0.1) is 0 Å². The minimum absolute atomic E-state index is 0.790. The molecule has 0 aliphatic carbocycles. The van der Waals surface area contributed by atoms with Gasteiger partial charge in [0.05, 0.1) is 7.11 Å². The number of unbranched alkanes of at least 4 members (excludes halogenated alkanes) is 1. The molecular weight excluding hydrogens is 204 g/mol. The molecule has 1 rings (SSSR count). The number of benzene rings is 1. The van der Waals surface area contributed by atoms with Crippen LogP contribution in [0, 0.1) is 0 Å². The minimum Gasteiger partial charge on any atom is -0.497 e. The first-order chi connectivity index (χ1) is 7.72. The lowest BCUT2D eigenvalue weighted by Crippen LogP contribution is -1.88. The van der Waals surface area contributed by atoms with Gasteiger partial charge in [0, 0.05) is 6.08 Å². The zero-order chi connectivity index (χ0) is 11.8. The second-order valence-corrected chi connectivity index (χ2v) is 3.48. The number of carbonyl (C=O) groups is 1. The van der Waals surface area contributed by atoms with Crippen molar-refractivity contribution in [3.63, 3.8) is 0 Å². The fourth-order valence-corrected chi connectivity index (χ4v) is 1.40. The maximum atomic E-state index is 10.2. The van der Waals surface area contributed by atoms with E-state index in [9.17, 15) is 4.79 Å². The number of methoxy groups -OCH3 is 1. The van der Waals surface area contributed by atoms with Gasteiger partial charge in [0.15, 0.2) is 0 Å². The molecular formula is C13H16O3. The van der Waals surface area contributed by atoms with E-state index >= 15 is 0 Å². The van der Waals surface area contributed by atoms with Crippen molar-refractivity contribution in [3.8, 4) is 5.75 Å². The molecule has 0 fully saturated rings. The van der Waals surface area contributed by atoms with Crippen molar-refractivity contribution in [3.05, 3.63) is 42.0 Å². The second kappa shape index (κ2) is 6.67. The Kier molecular flexibility index (Phi) is 5.12. The van der Waals surface area contributed by atoms with E-state index in [0.29, 0.717) is 0 Å². The molecule has 3 heteroatoms. The molecule has 0 spiro atoms. The maximum Gasteiger partial charge on any atom is 0.327 e. The van der Waals surface area contributed by atoms with Gasteiger partial charge in [-0.3, -0.25) is 0 Å². The average Bonchev–Trinajstić information content (AvgIpc) is 2.29. The monoisotopic (exact) mass is 220 g/mol. The lowest BCUT2D eigenvalue weighted by molar-refractivity contribution is -0.131. The van der Waals surface area contributed by atoms with Crippen molar-refractivity contribution in [2.75, 3.05) is 7.11 Å². The molecule has 0 aromatic heterocycles. The lowest BCUT2D eigenvalue weighted by atomic mass is 10.1. The summed E-state index contributed by atoms with van der Waals surface area (Å²) in [7, 11) is 1.64. The van der Waals surface area contributed by atoms with Crippen LogP contribution < -0.4 is 4.74 Å². The summed E-state index contributed by atoms with van der Waals surface area (Å²) >= 11 is 0. The van der Waals surface area contributed by atoms with E-state index < -0.39 is 5.97 Å². The van der Waals surface area contributed by atoms with Gasteiger partial charge in [0.2, 0.25) is 0 Å². The third-order valence-electron chi connectivity index (χ3n) is 2.26. The molecule has 0 unspecified atom stereocenters. The number of aliphatic carboxylic acids is 1. The third-order valence-corrected chi connectivity index (χ3v) is 2.26. The van der Waals surface area contributed by atoms with E-state index in [0.717, 1.165) is 25.0 Å². The molecule has 0 saturated carbocycles. The Balaban J connectivity index is 2.29. The van der Waals surface area contributed by atoms with Crippen LogP contribution in [0.2, 0.25) is 0 Å². The summed E-state index contributed by atoms with van der Waals surface area (Å²) in [5.41, 5.74) is 1.24. The van der Waals surface area contributed by atoms with Gasteiger partial charge in [0.1, 0.15) is 5.75 Å². The Morgan fingerprint density at radius 2 is 2.06 bits per heavy atom. The molecule has 1 aromatic carbocycles. The molecule has 16 heavy (non-hydrogen) atoms. The standard InChI is InChI=1S/C13H16O3/c1-16-12-9-7-11(8-10-12)5-3-2-4-6-13(14)15/h4,6-10H,2-3,5H2,1H3,(H,14,15). The molecule has 86 valence electrons. The van der Waals surface area contributed by atoms with E-state index in [1.807, 2.05) is 24.3 Å². The van der Waals surface area contributed by atoms with Gasteiger partial charge in [-0.05, 0) is 37.0 Å². The maximum absolute atomic E-state index is 10.2. The summed E-state index contributed by atoms with van der Waals surface area (Å²) in [6.07, 6.45) is 5.57. The van der Waals surface area contributed by atoms with E-state index in [-0.39, 0.29) is 0 Å². The Hall–Kier alpha value is -1.77. The fraction of sp³-hybridized carbons (Fsp3) is 0.308. The van der Waals surface area contributed by atoms with Gasteiger partial charge >= 0.3 is 5.97 Å². The summed E-state index contributed by atoms with van der Waals surface area (Å²) in [6.45, 7) is 0. The zero-order valence-electron chi connectivity index (χ0n) is 9.35. The first kappa shape index (κ1) is 12.3.